The van der Waals surface area contributed by atoms with Gasteiger partial charge in [-0.25, -0.2) is 0 Å². The van der Waals surface area contributed by atoms with Crippen molar-refractivity contribution in [1.82, 2.24) is 0 Å². The zero-order chi connectivity index (χ0) is 14.5. The lowest BCUT2D eigenvalue weighted by atomic mass is 9.88. The van der Waals surface area contributed by atoms with E-state index >= 15 is 0 Å². The lowest BCUT2D eigenvalue weighted by molar-refractivity contribution is -0.139. The molecule has 0 N–H and O–H groups in total. The molecule has 0 fully saturated rings. The van der Waals surface area contributed by atoms with E-state index in [4.69, 9.17) is 4.74 Å². The zero-order valence-corrected chi connectivity index (χ0v) is 12.3. The lowest BCUT2D eigenvalue weighted by Gasteiger charge is -2.19. The summed E-state index contributed by atoms with van der Waals surface area (Å²) < 4.78 is 5.54. The van der Waals surface area contributed by atoms with Crippen molar-refractivity contribution in [2.75, 3.05) is 0 Å². The van der Waals surface area contributed by atoms with Crippen molar-refractivity contribution < 1.29 is 9.53 Å². The average Bonchev–Trinajstić information content (AvgIpc) is 2.46. The Kier molecular flexibility index (Phi) is 4.67. The first kappa shape index (κ1) is 14.4. The molecule has 2 nitrogen and oxygen atoms in total. The number of carbonyl (C=O) groups is 1. The summed E-state index contributed by atoms with van der Waals surface area (Å²) in [6.07, 6.45) is 11.1. The fourth-order valence-corrected chi connectivity index (χ4v) is 2.36. The van der Waals surface area contributed by atoms with Crippen molar-refractivity contribution in [3.63, 3.8) is 0 Å². The molecule has 2 atom stereocenters. The van der Waals surface area contributed by atoms with E-state index < -0.39 is 0 Å². The van der Waals surface area contributed by atoms with Gasteiger partial charge in [0.1, 0.15) is 5.56 Å². The van der Waals surface area contributed by atoms with E-state index in [1.165, 1.54) is 0 Å². The Balaban J connectivity index is 2.05. The minimum Gasteiger partial charge on any atom is -0.413 e. The summed E-state index contributed by atoms with van der Waals surface area (Å²) in [5.41, 5.74) is 2.16. The van der Waals surface area contributed by atoms with Crippen LogP contribution in [0.1, 0.15) is 31.4 Å². The summed E-state index contributed by atoms with van der Waals surface area (Å²) >= 11 is 0. The predicted octanol–water partition coefficient (Wildman–Crippen LogP) is 4.24. The second-order valence-electron chi connectivity index (χ2n) is 5.29. The van der Waals surface area contributed by atoms with Gasteiger partial charge >= 0.3 is 5.97 Å². The van der Waals surface area contributed by atoms with Crippen LogP contribution in [0.25, 0.3) is 0 Å². The molecule has 0 heterocycles. The molecular weight excluding hydrogens is 248 g/mol. The standard InChI is InChI=1S/C18H21O2/c1-4-15-10-13(2)11-17(12-15)20-18(19)14(3)16-8-6-5-7-9-16/h4-8,10-12,14,16H,9H2,1-3H3/q+1. The van der Waals surface area contributed by atoms with Crippen molar-refractivity contribution in [3.05, 3.63) is 60.1 Å². The molecule has 0 radical (unpaired) electrons. The van der Waals surface area contributed by atoms with Crippen molar-refractivity contribution in [2.24, 2.45) is 11.8 Å². The summed E-state index contributed by atoms with van der Waals surface area (Å²) in [6.45, 7) is 5.91. The summed E-state index contributed by atoms with van der Waals surface area (Å²) in [5, 5.41) is 0. The molecule has 104 valence electrons. The summed E-state index contributed by atoms with van der Waals surface area (Å²) in [4.78, 5) is 12.2. The molecule has 0 saturated heterocycles. The van der Waals surface area contributed by atoms with Crippen molar-refractivity contribution in [2.45, 2.75) is 27.2 Å². The van der Waals surface area contributed by atoms with Gasteiger partial charge in [0.15, 0.2) is 5.75 Å². The molecule has 20 heavy (non-hydrogen) atoms. The first-order valence-corrected chi connectivity index (χ1v) is 7.06. The number of benzene rings is 1. The van der Waals surface area contributed by atoms with E-state index in [9.17, 15) is 4.79 Å². The third-order valence-corrected chi connectivity index (χ3v) is 3.65. The molecule has 1 aromatic rings. The minimum atomic E-state index is -0.164. The Morgan fingerprint density at radius 1 is 1.35 bits per heavy atom. The van der Waals surface area contributed by atoms with Crippen LogP contribution in [0.5, 0.6) is 5.75 Å². The Morgan fingerprint density at radius 3 is 2.80 bits per heavy atom. The van der Waals surface area contributed by atoms with Crippen molar-refractivity contribution >= 4 is 5.97 Å². The molecule has 0 spiro atoms. The molecule has 0 aliphatic heterocycles. The van der Waals surface area contributed by atoms with Crippen LogP contribution >= 0.6 is 0 Å². The number of aryl methyl sites for hydroxylation is 1. The van der Waals surface area contributed by atoms with E-state index in [1.807, 2.05) is 51.5 Å². The molecule has 1 aliphatic rings. The normalized spacial score (nSPS) is 18.6. The van der Waals surface area contributed by atoms with Crippen LogP contribution in [0.3, 0.4) is 0 Å². The van der Waals surface area contributed by atoms with Gasteiger partial charge in [0.2, 0.25) is 0 Å². The van der Waals surface area contributed by atoms with Gasteiger partial charge in [-0.15, -0.1) is 0 Å². The van der Waals surface area contributed by atoms with Crippen LogP contribution < -0.4 is 4.74 Å². The van der Waals surface area contributed by atoms with Crippen LogP contribution in [-0.4, -0.2) is 5.97 Å². The quantitative estimate of drug-likeness (QED) is 0.464. The topological polar surface area (TPSA) is 26.3 Å². The molecule has 1 aliphatic carbocycles. The molecule has 2 rings (SSSR count). The Labute approximate surface area is 121 Å². The van der Waals surface area contributed by atoms with Crippen LogP contribution in [0.4, 0.5) is 0 Å². The molecule has 0 aromatic heterocycles. The van der Waals surface area contributed by atoms with E-state index in [-0.39, 0.29) is 17.8 Å². The Morgan fingerprint density at radius 2 is 2.15 bits per heavy atom. The number of ether oxygens (including phenoxy) is 1. The molecule has 1 aromatic carbocycles. The summed E-state index contributed by atoms with van der Waals surface area (Å²) in [7, 11) is 0. The average molecular weight is 269 g/mol. The van der Waals surface area contributed by atoms with Crippen LogP contribution in [0, 0.1) is 25.2 Å². The van der Waals surface area contributed by atoms with Gasteiger partial charge in [0.05, 0.1) is 12.0 Å². The van der Waals surface area contributed by atoms with Crippen LogP contribution in [-0.2, 0) is 4.79 Å². The summed E-state index contributed by atoms with van der Waals surface area (Å²) in [6, 6.07) is 5.86. The number of allylic oxidation sites excluding steroid dienone is 4. The third-order valence-electron chi connectivity index (χ3n) is 3.65. The Hall–Kier alpha value is -1.96. The smallest absolute Gasteiger partial charge is 0.315 e. The van der Waals surface area contributed by atoms with E-state index in [2.05, 4.69) is 18.2 Å². The third kappa shape index (κ3) is 3.53. The second-order valence-corrected chi connectivity index (χ2v) is 5.29. The first-order valence-electron chi connectivity index (χ1n) is 7.06. The van der Waals surface area contributed by atoms with Crippen molar-refractivity contribution in [3.8, 4) is 5.75 Å². The lowest BCUT2D eigenvalue weighted by Crippen LogP contribution is -2.24. The van der Waals surface area contributed by atoms with E-state index in [0.29, 0.717) is 5.75 Å². The zero-order valence-electron chi connectivity index (χ0n) is 12.3. The maximum Gasteiger partial charge on any atom is 0.315 e. The SMILES string of the molecule is C[CH+]c1cc(C)cc(OC(=O)C(C)C2C=CC=CC2)c1. The van der Waals surface area contributed by atoms with Crippen molar-refractivity contribution in [1.29, 1.82) is 0 Å². The van der Waals surface area contributed by atoms with Crippen LogP contribution in [0.2, 0.25) is 0 Å². The fourth-order valence-electron chi connectivity index (χ4n) is 2.36. The van der Waals surface area contributed by atoms with Gasteiger partial charge in [0.25, 0.3) is 0 Å². The maximum atomic E-state index is 12.2. The fraction of sp³-hybridized carbons (Fsp3) is 0.333. The second kappa shape index (κ2) is 6.47. The van der Waals surface area contributed by atoms with E-state index in [0.717, 1.165) is 17.5 Å². The maximum absolute atomic E-state index is 12.2. The monoisotopic (exact) mass is 269 g/mol. The first-order chi connectivity index (χ1) is 9.60. The predicted molar refractivity (Wildman–Crippen MR) is 81.4 cm³/mol. The van der Waals surface area contributed by atoms with Crippen LogP contribution in [0.15, 0.2) is 42.5 Å². The highest BCUT2D eigenvalue weighted by molar-refractivity contribution is 5.75. The molecule has 0 bridgehead atoms. The largest absolute Gasteiger partial charge is 0.413 e. The highest BCUT2D eigenvalue weighted by Gasteiger charge is 2.24. The number of carbonyl (C=O) groups excluding carboxylic acids is 1. The van der Waals surface area contributed by atoms with Gasteiger partial charge in [-0.2, -0.15) is 0 Å². The molecular formula is C18H21O2+. The van der Waals surface area contributed by atoms with E-state index in [1.54, 1.807) is 0 Å². The van der Waals surface area contributed by atoms with Gasteiger partial charge in [-0.1, -0.05) is 31.2 Å². The Bertz CT molecular complexity index is 540. The number of rotatable bonds is 4. The van der Waals surface area contributed by atoms with Gasteiger partial charge in [0, 0.05) is 31.0 Å². The number of hydrogen-bond acceptors (Lipinski definition) is 2. The van der Waals surface area contributed by atoms with Gasteiger partial charge in [-0.05, 0) is 19.3 Å². The molecule has 2 unspecified atom stereocenters. The highest BCUT2D eigenvalue weighted by Crippen LogP contribution is 2.24. The molecule has 2 heteroatoms. The highest BCUT2D eigenvalue weighted by atomic mass is 16.5. The molecule has 0 amide bonds. The number of hydrogen-bond donors (Lipinski definition) is 0. The molecule has 0 saturated carbocycles. The summed E-state index contributed by atoms with van der Waals surface area (Å²) in [5.74, 6) is 0.563. The van der Waals surface area contributed by atoms with Gasteiger partial charge < -0.3 is 4.74 Å². The van der Waals surface area contributed by atoms with Gasteiger partial charge in [-0.3, -0.25) is 4.79 Å². The number of esters is 1. The minimum absolute atomic E-state index is 0.134.